The van der Waals surface area contributed by atoms with Gasteiger partial charge in [0.1, 0.15) is 10.8 Å². The zero-order valence-corrected chi connectivity index (χ0v) is 21.9. The highest BCUT2D eigenvalue weighted by atomic mass is 35.5. The van der Waals surface area contributed by atoms with Crippen LogP contribution in [-0.2, 0) is 10.3 Å². The molecule has 204 valence electrons. The average Bonchev–Trinajstić information content (AvgIpc) is 3.64. The number of alkyl halides is 1. The lowest BCUT2D eigenvalue weighted by Gasteiger charge is -2.29. The molecule has 0 radical (unpaired) electrons. The molecule has 4 heterocycles. The second kappa shape index (κ2) is 10.1. The largest absolute Gasteiger partial charge is 0.439 e. The van der Waals surface area contributed by atoms with Gasteiger partial charge in [0.2, 0.25) is 5.88 Å². The van der Waals surface area contributed by atoms with Crippen LogP contribution in [0.25, 0.3) is 5.69 Å². The number of carbonyl (C=O) groups excluding carboxylic acids is 1. The molecule has 2 aliphatic heterocycles. The van der Waals surface area contributed by atoms with E-state index in [0.29, 0.717) is 49.9 Å². The van der Waals surface area contributed by atoms with Gasteiger partial charge in [-0.3, -0.25) is 4.79 Å². The Morgan fingerprint density at radius 3 is 2.59 bits per heavy atom. The van der Waals surface area contributed by atoms with Crippen LogP contribution in [0.2, 0.25) is 5.02 Å². The van der Waals surface area contributed by atoms with E-state index in [4.69, 9.17) is 21.1 Å². The number of ether oxygens (including phenoxy) is 2. The molecule has 1 aliphatic carbocycles. The number of nitrogens with one attached hydrogen (secondary N) is 2. The first-order valence-electron chi connectivity index (χ1n) is 13.0. The van der Waals surface area contributed by atoms with E-state index in [0.717, 1.165) is 23.1 Å². The van der Waals surface area contributed by atoms with Gasteiger partial charge in [-0.15, -0.1) is 0 Å². The van der Waals surface area contributed by atoms with Crippen LogP contribution in [-0.4, -0.2) is 64.2 Å². The lowest BCUT2D eigenvalue weighted by molar-refractivity contribution is -0.0234. The summed E-state index contributed by atoms with van der Waals surface area (Å²) in [6, 6.07) is 10.9. The number of halogens is 2. The summed E-state index contributed by atoms with van der Waals surface area (Å²) in [5.41, 5.74) is -0.539. The summed E-state index contributed by atoms with van der Waals surface area (Å²) < 4.78 is 27.0. The number of urea groups is 1. The molecule has 3 aliphatic rings. The van der Waals surface area contributed by atoms with Gasteiger partial charge in [-0.05, 0) is 49.4 Å². The fraction of sp³-hybridized carbons (Fsp3) is 0.407. The SMILES string of the molecule is O=C1NCCN1C1(c2ccc(Oc3ccc(-n4ncc(NC[C@@]5(F)CCCOC5)c(Cl)c4=O)cn3)cc2)CC1. The smallest absolute Gasteiger partial charge is 0.318 e. The van der Waals surface area contributed by atoms with Gasteiger partial charge in [0.15, 0.2) is 5.67 Å². The minimum atomic E-state index is -1.51. The number of anilines is 1. The van der Waals surface area contributed by atoms with Crippen molar-refractivity contribution in [3.8, 4) is 17.3 Å². The number of benzene rings is 1. The van der Waals surface area contributed by atoms with Crippen LogP contribution in [0.1, 0.15) is 31.2 Å². The van der Waals surface area contributed by atoms with Gasteiger partial charge in [0.05, 0.1) is 42.5 Å². The predicted molar refractivity (Wildman–Crippen MR) is 143 cm³/mol. The second-order valence-electron chi connectivity index (χ2n) is 10.1. The number of pyridine rings is 1. The van der Waals surface area contributed by atoms with E-state index in [2.05, 4.69) is 20.7 Å². The summed E-state index contributed by atoms with van der Waals surface area (Å²) in [6.45, 7) is 1.91. The van der Waals surface area contributed by atoms with Gasteiger partial charge in [0, 0.05) is 25.8 Å². The fourth-order valence-corrected chi connectivity index (χ4v) is 5.37. The number of hydrogen-bond donors (Lipinski definition) is 2. The molecule has 39 heavy (non-hydrogen) atoms. The summed E-state index contributed by atoms with van der Waals surface area (Å²) in [5.74, 6) is 0.940. The second-order valence-corrected chi connectivity index (χ2v) is 10.5. The van der Waals surface area contributed by atoms with E-state index in [1.807, 2.05) is 29.2 Å². The zero-order chi connectivity index (χ0) is 27.0. The Morgan fingerprint density at radius 1 is 1.13 bits per heavy atom. The Morgan fingerprint density at radius 2 is 1.95 bits per heavy atom. The number of amides is 2. The van der Waals surface area contributed by atoms with Crippen LogP contribution in [0, 0.1) is 0 Å². The van der Waals surface area contributed by atoms with Crippen molar-refractivity contribution in [2.75, 3.05) is 38.2 Å². The minimum absolute atomic E-state index is 0.00442. The Labute approximate surface area is 229 Å². The first-order valence-corrected chi connectivity index (χ1v) is 13.3. The molecule has 1 aromatic carbocycles. The lowest BCUT2D eigenvalue weighted by atomic mass is 9.99. The van der Waals surface area contributed by atoms with Gasteiger partial charge in [-0.2, -0.15) is 9.78 Å². The molecule has 1 saturated carbocycles. The molecule has 0 spiro atoms. The summed E-state index contributed by atoms with van der Waals surface area (Å²) in [4.78, 5) is 31.2. The normalized spacial score (nSPS) is 21.9. The quantitative estimate of drug-likeness (QED) is 0.433. The van der Waals surface area contributed by atoms with E-state index in [-0.39, 0.29) is 35.4 Å². The van der Waals surface area contributed by atoms with Gasteiger partial charge in [-0.25, -0.2) is 14.2 Å². The van der Waals surface area contributed by atoms with Crippen LogP contribution in [0.3, 0.4) is 0 Å². The van der Waals surface area contributed by atoms with Crippen molar-refractivity contribution in [3.63, 3.8) is 0 Å². The monoisotopic (exact) mass is 554 g/mol. The van der Waals surface area contributed by atoms with Crippen molar-refractivity contribution in [1.29, 1.82) is 0 Å². The Balaban J connectivity index is 1.11. The first-order chi connectivity index (χ1) is 18.9. The van der Waals surface area contributed by atoms with E-state index < -0.39 is 11.2 Å². The highest BCUT2D eigenvalue weighted by molar-refractivity contribution is 6.32. The molecule has 3 aromatic rings. The third kappa shape index (κ3) is 5.04. The third-order valence-corrected chi connectivity index (χ3v) is 7.83. The van der Waals surface area contributed by atoms with Gasteiger partial charge in [-0.1, -0.05) is 23.7 Å². The maximum absolute atomic E-state index is 14.8. The Bertz CT molecular complexity index is 1420. The number of hydrogen-bond acceptors (Lipinski definition) is 7. The lowest BCUT2D eigenvalue weighted by Crippen LogP contribution is -2.40. The summed E-state index contributed by atoms with van der Waals surface area (Å²) in [6.07, 6.45) is 5.77. The molecule has 2 N–H and O–H groups in total. The number of nitrogens with zero attached hydrogens (tertiary/aromatic N) is 4. The van der Waals surface area contributed by atoms with Crippen LogP contribution >= 0.6 is 11.6 Å². The predicted octanol–water partition coefficient (Wildman–Crippen LogP) is 4.02. The van der Waals surface area contributed by atoms with Crippen molar-refractivity contribution < 1.29 is 18.7 Å². The minimum Gasteiger partial charge on any atom is -0.439 e. The average molecular weight is 555 g/mol. The van der Waals surface area contributed by atoms with E-state index in [1.54, 1.807) is 12.1 Å². The Hall–Kier alpha value is -3.70. The molecule has 3 fully saturated rings. The molecular formula is C27H28ClFN6O4. The molecule has 12 heteroatoms. The number of rotatable bonds is 8. The summed E-state index contributed by atoms with van der Waals surface area (Å²) in [7, 11) is 0. The van der Waals surface area contributed by atoms with Gasteiger partial charge < -0.3 is 25.0 Å². The molecule has 2 saturated heterocycles. The van der Waals surface area contributed by atoms with Crippen molar-refractivity contribution in [3.05, 3.63) is 69.7 Å². The molecule has 0 bridgehead atoms. The molecule has 10 nitrogen and oxygen atoms in total. The summed E-state index contributed by atoms with van der Waals surface area (Å²) >= 11 is 6.29. The van der Waals surface area contributed by atoms with Crippen molar-refractivity contribution in [1.82, 2.24) is 25.0 Å². The molecule has 2 aromatic heterocycles. The third-order valence-electron chi connectivity index (χ3n) is 7.47. The van der Waals surface area contributed by atoms with Gasteiger partial charge in [0.25, 0.3) is 5.56 Å². The maximum atomic E-state index is 14.8. The highest BCUT2D eigenvalue weighted by Crippen LogP contribution is 2.51. The zero-order valence-electron chi connectivity index (χ0n) is 21.2. The Kier molecular flexibility index (Phi) is 6.64. The van der Waals surface area contributed by atoms with Crippen molar-refractivity contribution >= 4 is 23.3 Å². The topological polar surface area (TPSA) is 111 Å². The number of carbonyl (C=O) groups is 1. The van der Waals surface area contributed by atoms with Crippen LogP contribution in [0.5, 0.6) is 11.6 Å². The van der Waals surface area contributed by atoms with Crippen LogP contribution < -0.4 is 20.9 Å². The standard InChI is InChI=1S/C27H28ClFN6O4/c28-23-21(32-16-26(29)8-1-13-38-17-26)15-33-35(24(23)36)19-4-7-22(31-14-19)39-20-5-2-18(3-6-20)27(9-10-27)34-12-11-30-25(34)37/h2-7,14-15,32H,1,8-13,16-17H2,(H,30,37)/t26-/m0/s1. The van der Waals surface area contributed by atoms with Gasteiger partial charge >= 0.3 is 6.03 Å². The maximum Gasteiger partial charge on any atom is 0.318 e. The molecule has 1 atom stereocenters. The van der Waals surface area contributed by atoms with Crippen molar-refractivity contribution in [2.24, 2.45) is 0 Å². The van der Waals surface area contributed by atoms with E-state index in [1.165, 1.54) is 12.4 Å². The van der Waals surface area contributed by atoms with Crippen LogP contribution in [0.15, 0.2) is 53.6 Å². The highest BCUT2D eigenvalue weighted by Gasteiger charge is 2.52. The van der Waals surface area contributed by atoms with Crippen LogP contribution in [0.4, 0.5) is 14.9 Å². The fourth-order valence-electron chi connectivity index (χ4n) is 5.18. The van der Waals surface area contributed by atoms with E-state index >= 15 is 0 Å². The summed E-state index contributed by atoms with van der Waals surface area (Å²) in [5, 5.41) is 9.85. The van der Waals surface area contributed by atoms with E-state index in [9.17, 15) is 14.0 Å². The molecular weight excluding hydrogens is 527 g/mol. The molecule has 2 amide bonds. The number of aromatic nitrogens is 3. The van der Waals surface area contributed by atoms with Crippen molar-refractivity contribution in [2.45, 2.75) is 36.9 Å². The first kappa shape index (κ1) is 25.6. The molecule has 6 rings (SSSR count). The molecule has 0 unspecified atom stereocenters.